The average molecular weight is 673 g/mol. The fraction of sp³-hybridized carbons (Fsp3) is 0.500. The molecule has 9 atom stereocenters. The van der Waals surface area contributed by atoms with Gasteiger partial charge in [0.15, 0.2) is 35.4 Å². The Labute approximate surface area is 250 Å². The number of pyridine rings is 1. The average Bonchev–Trinajstić information content (AvgIpc) is 3.74. The Hall–Kier alpha value is -3.36. The van der Waals surface area contributed by atoms with E-state index in [1.807, 2.05) is 0 Å². The molecular formula is C22H26FN9O11P2. The molecule has 4 aromatic heterocycles. The molecule has 45 heavy (non-hydrogen) atoms. The number of hydrogen-bond acceptors (Lipinski definition) is 15. The van der Waals surface area contributed by atoms with Crippen molar-refractivity contribution in [2.24, 2.45) is 0 Å². The normalized spacial score (nSPS) is 36.3. The maximum atomic E-state index is 15.9. The first-order chi connectivity index (χ1) is 21.4. The molecule has 242 valence electrons. The van der Waals surface area contributed by atoms with Crippen molar-refractivity contribution in [3.8, 4) is 0 Å². The number of fused-ring (bicyclic) bond motifs is 5. The van der Waals surface area contributed by atoms with E-state index in [0.717, 1.165) is 0 Å². The molecule has 4 unspecified atom stereocenters. The number of nitrogens with zero attached hydrogens (tertiary/aromatic N) is 6. The van der Waals surface area contributed by atoms with E-state index in [-0.39, 0.29) is 40.4 Å². The van der Waals surface area contributed by atoms with Crippen LogP contribution in [0.15, 0.2) is 29.7 Å². The van der Waals surface area contributed by atoms with Crippen molar-refractivity contribution in [2.45, 2.75) is 49.5 Å². The van der Waals surface area contributed by atoms with E-state index in [0.29, 0.717) is 0 Å². The third kappa shape index (κ3) is 5.65. The van der Waals surface area contributed by atoms with Crippen LogP contribution in [-0.4, -0.2) is 94.0 Å². The number of halogens is 1. The zero-order valence-corrected chi connectivity index (χ0v) is 24.6. The van der Waals surface area contributed by atoms with Crippen LogP contribution in [0, 0.1) is 0 Å². The van der Waals surface area contributed by atoms with Crippen molar-refractivity contribution >= 4 is 49.4 Å². The van der Waals surface area contributed by atoms with Gasteiger partial charge in [0.05, 0.1) is 37.7 Å². The van der Waals surface area contributed by atoms with Gasteiger partial charge in [-0.2, -0.15) is 4.98 Å². The van der Waals surface area contributed by atoms with Gasteiger partial charge in [0.25, 0.3) is 5.56 Å². The lowest BCUT2D eigenvalue weighted by molar-refractivity contribution is -0.0614. The number of nitrogen functional groups attached to an aromatic ring is 2. The molecule has 0 aliphatic carbocycles. The second-order valence-electron chi connectivity index (χ2n) is 10.5. The Kier molecular flexibility index (Phi) is 7.52. The third-order valence-corrected chi connectivity index (χ3v) is 9.51. The van der Waals surface area contributed by atoms with Crippen LogP contribution in [0.2, 0.25) is 0 Å². The van der Waals surface area contributed by atoms with E-state index >= 15 is 4.39 Å². The van der Waals surface area contributed by atoms with Gasteiger partial charge >= 0.3 is 15.4 Å². The Morgan fingerprint density at radius 2 is 1.73 bits per heavy atom. The van der Waals surface area contributed by atoms with Crippen LogP contribution in [0.3, 0.4) is 0 Å². The van der Waals surface area contributed by atoms with Crippen molar-refractivity contribution in [1.82, 2.24) is 34.1 Å². The zero-order valence-electron chi connectivity index (χ0n) is 22.9. The number of anilines is 2. The minimum absolute atomic E-state index is 0.0187. The van der Waals surface area contributed by atoms with Gasteiger partial charge in [-0.15, -0.1) is 0 Å². The molecule has 7 N–H and O–H groups in total. The Bertz CT molecular complexity index is 1920. The highest BCUT2D eigenvalue weighted by molar-refractivity contribution is 7.52. The third-order valence-electron chi connectivity index (χ3n) is 7.47. The number of hydrogen-bond donors (Lipinski definition) is 5. The summed E-state index contributed by atoms with van der Waals surface area (Å²) in [6.45, 7) is -1.23. The van der Waals surface area contributed by atoms with Crippen molar-refractivity contribution in [1.29, 1.82) is 0 Å². The predicted molar refractivity (Wildman–Crippen MR) is 148 cm³/mol. The summed E-state index contributed by atoms with van der Waals surface area (Å²) in [6, 6.07) is 1.51. The van der Waals surface area contributed by atoms with Crippen molar-refractivity contribution in [3.05, 3.63) is 35.3 Å². The Balaban J connectivity index is 1.18. The van der Waals surface area contributed by atoms with E-state index in [1.165, 1.54) is 34.1 Å². The van der Waals surface area contributed by atoms with Gasteiger partial charge in [-0.3, -0.25) is 32.5 Å². The number of alkyl halides is 1. The standard InChI is InChI=1S/C22H26FN9O11P2/c23-13-16-12(42-21(13)31-6-27-14-10(24)1-2-26-17(14)31)5-40-45(36,37)43-11-3-9(4-39-44(34,35)8-38-16)41-20(11)32-7-28-15-18(32)29-22(25)30-19(15)33/h1-2,6-7,9,11-13,16,20-21H,3-5,8H2,(H2,24,26)(H,34,35)(H,36,37)(H3,25,29,30,33)/t9-,11?,12+,13?,16-,20+,21+/m0/s1. The maximum Gasteiger partial charge on any atom is 0.472 e. The van der Waals surface area contributed by atoms with Crippen molar-refractivity contribution in [3.63, 3.8) is 0 Å². The molecule has 3 aliphatic heterocycles. The van der Waals surface area contributed by atoms with E-state index in [2.05, 4.69) is 24.9 Å². The molecule has 3 saturated heterocycles. The molecule has 20 nitrogen and oxygen atoms in total. The number of phosphoric acid groups is 1. The fourth-order valence-electron chi connectivity index (χ4n) is 5.47. The number of rotatable bonds is 2. The smallest absolute Gasteiger partial charge is 0.397 e. The maximum absolute atomic E-state index is 15.9. The highest BCUT2D eigenvalue weighted by Gasteiger charge is 2.50. The lowest BCUT2D eigenvalue weighted by atomic mass is 10.1. The van der Waals surface area contributed by atoms with Crippen molar-refractivity contribution < 1.29 is 51.1 Å². The summed E-state index contributed by atoms with van der Waals surface area (Å²) < 4.78 is 77.7. The van der Waals surface area contributed by atoms with E-state index < -0.39 is 83.6 Å². The first-order valence-electron chi connectivity index (χ1n) is 13.4. The summed E-state index contributed by atoms with van der Waals surface area (Å²) in [4.78, 5) is 52.2. The Morgan fingerprint density at radius 3 is 2.53 bits per heavy atom. The van der Waals surface area contributed by atoms with Crippen LogP contribution >= 0.6 is 15.4 Å². The van der Waals surface area contributed by atoms with Gasteiger partial charge in [0.2, 0.25) is 5.95 Å². The molecule has 4 aromatic rings. The lowest BCUT2D eigenvalue weighted by Gasteiger charge is -2.24. The van der Waals surface area contributed by atoms with Gasteiger partial charge < -0.3 is 40.0 Å². The van der Waals surface area contributed by atoms with E-state index in [9.17, 15) is 23.7 Å². The largest absolute Gasteiger partial charge is 0.472 e. The van der Waals surface area contributed by atoms with E-state index in [4.69, 9.17) is 39.2 Å². The van der Waals surface area contributed by atoms with Gasteiger partial charge in [-0.25, -0.2) is 23.9 Å². The number of nitrogens with two attached hydrogens (primary N) is 2. The van der Waals surface area contributed by atoms with Crippen LogP contribution in [-0.2, 0) is 36.9 Å². The topological polar surface area (TPSA) is 276 Å². The van der Waals surface area contributed by atoms with Crippen molar-refractivity contribution in [2.75, 3.05) is 31.0 Å². The molecule has 7 rings (SSSR count). The van der Waals surface area contributed by atoms with Gasteiger partial charge in [0, 0.05) is 12.6 Å². The quantitative estimate of drug-likeness (QED) is 0.179. The summed E-state index contributed by atoms with van der Waals surface area (Å²) in [7, 11) is -9.43. The molecule has 23 heteroatoms. The molecular weight excluding hydrogens is 647 g/mol. The zero-order chi connectivity index (χ0) is 31.7. The highest BCUT2D eigenvalue weighted by atomic mass is 31.2. The number of imidazole rings is 2. The van der Waals surface area contributed by atoms with Gasteiger partial charge in [-0.1, -0.05) is 0 Å². The van der Waals surface area contributed by atoms with E-state index in [1.54, 1.807) is 0 Å². The SMILES string of the molecule is Nc1nc2c(ncn2[C@@H]2O[C@@H]3COP(=O)(O)CO[C@@H]4C(F)[C@H](n5cnc6c(N)ccnc65)O[C@@H]4COP(=O)(O)OC2C3)c(=O)[nH]1. The minimum atomic E-state index is -4.93. The summed E-state index contributed by atoms with van der Waals surface area (Å²) in [5.74, 6) is -0.223. The molecule has 2 bridgehead atoms. The lowest BCUT2D eigenvalue weighted by Crippen LogP contribution is -2.35. The molecule has 0 saturated carbocycles. The molecule has 3 fully saturated rings. The number of nitrogens with one attached hydrogen (secondary N) is 1. The van der Waals surface area contributed by atoms with Crippen LogP contribution in [0.5, 0.6) is 0 Å². The van der Waals surface area contributed by atoms with Crippen LogP contribution < -0.4 is 17.0 Å². The molecule has 3 aliphatic rings. The first-order valence-corrected chi connectivity index (χ1v) is 16.6. The highest BCUT2D eigenvalue weighted by Crippen LogP contribution is 2.52. The second kappa shape index (κ2) is 11.2. The second-order valence-corrected chi connectivity index (χ2v) is 13.7. The van der Waals surface area contributed by atoms with Crippen LogP contribution in [0.4, 0.5) is 16.0 Å². The number of ether oxygens (including phenoxy) is 3. The summed E-state index contributed by atoms with van der Waals surface area (Å²) >= 11 is 0. The number of H-pyrrole nitrogens is 1. The number of phosphoric ester groups is 1. The van der Waals surface area contributed by atoms with Crippen LogP contribution in [0.25, 0.3) is 22.3 Å². The molecule has 0 spiro atoms. The fourth-order valence-corrected chi connectivity index (χ4v) is 7.23. The molecule has 0 aromatic carbocycles. The molecule has 0 radical (unpaired) electrons. The molecule has 7 heterocycles. The monoisotopic (exact) mass is 673 g/mol. The number of aromatic amines is 1. The predicted octanol–water partition coefficient (Wildman–Crippen LogP) is 0.312. The summed E-state index contributed by atoms with van der Waals surface area (Å²) in [5, 5.41) is 0. The van der Waals surface area contributed by atoms with Crippen LogP contribution in [0.1, 0.15) is 18.9 Å². The van der Waals surface area contributed by atoms with Gasteiger partial charge in [-0.05, 0) is 6.07 Å². The minimum Gasteiger partial charge on any atom is -0.397 e. The summed E-state index contributed by atoms with van der Waals surface area (Å²) in [5.41, 5.74) is 11.6. The first kappa shape index (κ1) is 30.3. The summed E-state index contributed by atoms with van der Waals surface area (Å²) in [6.07, 6.45) is -7.04. The number of aromatic nitrogens is 7. The van der Waals surface area contributed by atoms with Gasteiger partial charge in [0.1, 0.15) is 30.2 Å². The molecule has 0 amide bonds. The Morgan fingerprint density at radius 1 is 0.978 bits per heavy atom.